The fraction of sp³-hybridized carbons (Fsp3) is 0.364. The van der Waals surface area contributed by atoms with Gasteiger partial charge >= 0.3 is 0 Å². The normalized spacial score (nSPS) is 12.4. The molecular formula is C11H16N2O3Si. The van der Waals surface area contributed by atoms with Gasteiger partial charge in [0.15, 0.2) is 0 Å². The molecule has 0 aliphatic carbocycles. The topological polar surface area (TPSA) is 64.7 Å². The molecule has 0 amide bonds. The van der Waals surface area contributed by atoms with E-state index in [1.807, 2.05) is 19.6 Å². The largest absolute Gasteiger partial charge is 0.455 e. The number of benzene rings is 1. The highest BCUT2D eigenvalue weighted by atomic mass is 28.4. The van der Waals surface area contributed by atoms with Crippen molar-refractivity contribution in [3.05, 3.63) is 39.9 Å². The molecular weight excluding hydrogens is 236 g/mol. The Labute approximate surface area is 101 Å². The van der Waals surface area contributed by atoms with Gasteiger partial charge in [-0.25, -0.2) is 0 Å². The van der Waals surface area contributed by atoms with Crippen LogP contribution in [-0.4, -0.2) is 19.0 Å². The van der Waals surface area contributed by atoms with Crippen molar-refractivity contribution in [2.24, 2.45) is 5.16 Å². The van der Waals surface area contributed by atoms with Gasteiger partial charge in [-0.2, -0.15) is 0 Å². The number of nitro benzene ring substituents is 1. The molecule has 17 heavy (non-hydrogen) atoms. The summed E-state index contributed by atoms with van der Waals surface area (Å²) in [6, 6.07) is 6.36. The molecule has 6 heteroatoms. The molecule has 0 spiro atoms. The quantitative estimate of drug-likeness (QED) is 0.358. The van der Waals surface area contributed by atoms with Gasteiger partial charge in [-0.3, -0.25) is 10.1 Å². The van der Waals surface area contributed by atoms with Crippen LogP contribution in [0.2, 0.25) is 19.6 Å². The van der Waals surface area contributed by atoms with E-state index in [0.717, 1.165) is 0 Å². The minimum absolute atomic E-state index is 0.0602. The Balaban J connectivity index is 2.92. The third-order valence-electron chi connectivity index (χ3n) is 1.93. The Hall–Kier alpha value is -1.69. The molecule has 0 radical (unpaired) electrons. The molecule has 0 aliphatic heterocycles. The van der Waals surface area contributed by atoms with Crippen molar-refractivity contribution in [1.82, 2.24) is 0 Å². The van der Waals surface area contributed by atoms with Gasteiger partial charge in [-0.05, 0) is 26.6 Å². The number of rotatable bonds is 4. The fourth-order valence-corrected chi connectivity index (χ4v) is 1.51. The van der Waals surface area contributed by atoms with Crippen LogP contribution in [0.15, 0.2) is 29.4 Å². The molecule has 1 rings (SSSR count). The third-order valence-corrected chi connectivity index (χ3v) is 2.57. The molecule has 0 aromatic heterocycles. The fourth-order valence-electron chi connectivity index (χ4n) is 1.10. The smallest absolute Gasteiger partial charge is 0.278 e. The van der Waals surface area contributed by atoms with Crippen LogP contribution in [0.5, 0.6) is 0 Å². The maximum Gasteiger partial charge on any atom is 0.278 e. The molecule has 0 unspecified atom stereocenters. The lowest BCUT2D eigenvalue weighted by Crippen LogP contribution is -2.22. The summed E-state index contributed by atoms with van der Waals surface area (Å²) in [6.45, 7) is 7.85. The number of nitro groups is 1. The van der Waals surface area contributed by atoms with Crippen LogP contribution >= 0.6 is 0 Å². The van der Waals surface area contributed by atoms with Crippen molar-refractivity contribution >= 4 is 19.7 Å². The van der Waals surface area contributed by atoms with Crippen molar-refractivity contribution < 1.29 is 9.45 Å². The Morgan fingerprint density at radius 1 is 1.41 bits per heavy atom. The van der Waals surface area contributed by atoms with E-state index in [1.54, 1.807) is 19.1 Å². The standard InChI is InChI=1S/C11H16N2O3Si/c1-9(12-16-17(2,3)4)10-6-5-7-11(8-10)13(14)15/h5-8H,1-4H3. The first kappa shape index (κ1) is 13.4. The average Bonchev–Trinajstić information content (AvgIpc) is 2.25. The lowest BCUT2D eigenvalue weighted by molar-refractivity contribution is -0.384. The summed E-state index contributed by atoms with van der Waals surface area (Å²) in [4.78, 5) is 10.2. The first-order valence-electron chi connectivity index (χ1n) is 5.27. The number of oxime groups is 1. The Bertz CT molecular complexity index is 452. The number of hydrogen-bond donors (Lipinski definition) is 0. The van der Waals surface area contributed by atoms with Crippen molar-refractivity contribution in [2.75, 3.05) is 0 Å². The van der Waals surface area contributed by atoms with E-state index in [1.165, 1.54) is 12.1 Å². The molecule has 0 N–H and O–H groups in total. The van der Waals surface area contributed by atoms with Crippen LogP contribution in [0.25, 0.3) is 0 Å². The Kier molecular flexibility index (Phi) is 4.00. The van der Waals surface area contributed by atoms with E-state index in [4.69, 9.17) is 4.53 Å². The lowest BCUT2D eigenvalue weighted by atomic mass is 10.1. The first-order valence-corrected chi connectivity index (χ1v) is 8.68. The zero-order valence-electron chi connectivity index (χ0n) is 10.4. The summed E-state index contributed by atoms with van der Waals surface area (Å²) in [5.74, 6) is 0. The predicted molar refractivity (Wildman–Crippen MR) is 69.7 cm³/mol. The minimum Gasteiger partial charge on any atom is -0.455 e. The van der Waals surface area contributed by atoms with E-state index in [-0.39, 0.29) is 5.69 Å². The molecule has 1 aromatic rings. The van der Waals surface area contributed by atoms with E-state index in [9.17, 15) is 10.1 Å². The molecule has 0 atom stereocenters. The maximum absolute atomic E-state index is 10.6. The van der Waals surface area contributed by atoms with Crippen LogP contribution < -0.4 is 0 Å². The summed E-state index contributed by atoms with van der Waals surface area (Å²) in [6.07, 6.45) is 0. The average molecular weight is 252 g/mol. The Morgan fingerprint density at radius 3 is 2.59 bits per heavy atom. The van der Waals surface area contributed by atoms with E-state index in [2.05, 4.69) is 5.16 Å². The van der Waals surface area contributed by atoms with Gasteiger partial charge in [0.1, 0.15) is 0 Å². The van der Waals surface area contributed by atoms with Crippen LogP contribution in [0.1, 0.15) is 12.5 Å². The first-order chi connectivity index (χ1) is 7.79. The summed E-state index contributed by atoms with van der Waals surface area (Å²) < 4.78 is 5.40. The van der Waals surface area contributed by atoms with E-state index >= 15 is 0 Å². The molecule has 0 aliphatic rings. The lowest BCUT2D eigenvalue weighted by Gasteiger charge is -2.13. The van der Waals surface area contributed by atoms with E-state index in [0.29, 0.717) is 11.3 Å². The van der Waals surface area contributed by atoms with Crippen LogP contribution in [0.4, 0.5) is 5.69 Å². The second-order valence-corrected chi connectivity index (χ2v) is 9.10. The van der Waals surface area contributed by atoms with Gasteiger partial charge < -0.3 is 4.53 Å². The van der Waals surface area contributed by atoms with E-state index < -0.39 is 13.2 Å². The van der Waals surface area contributed by atoms with Crippen LogP contribution in [0, 0.1) is 10.1 Å². The van der Waals surface area contributed by atoms with Crippen molar-refractivity contribution in [1.29, 1.82) is 0 Å². The predicted octanol–water partition coefficient (Wildman–Crippen LogP) is 3.17. The third kappa shape index (κ3) is 4.35. The highest BCUT2D eigenvalue weighted by molar-refractivity contribution is 6.69. The molecule has 0 saturated carbocycles. The number of non-ortho nitro benzene ring substituents is 1. The van der Waals surface area contributed by atoms with Gasteiger partial charge in [-0.15, -0.1) is 5.16 Å². The number of nitrogens with zero attached hydrogens (tertiary/aromatic N) is 2. The molecule has 5 nitrogen and oxygen atoms in total. The van der Waals surface area contributed by atoms with Gasteiger partial charge in [-0.1, -0.05) is 12.1 Å². The molecule has 1 aromatic carbocycles. The number of hydrogen-bond acceptors (Lipinski definition) is 4. The Morgan fingerprint density at radius 2 is 2.06 bits per heavy atom. The van der Waals surface area contributed by atoms with Crippen LogP contribution in [0.3, 0.4) is 0 Å². The summed E-state index contributed by atoms with van der Waals surface area (Å²) >= 11 is 0. The zero-order chi connectivity index (χ0) is 13.1. The summed E-state index contributed by atoms with van der Waals surface area (Å²) in [7, 11) is -1.71. The van der Waals surface area contributed by atoms with Gasteiger partial charge in [0.25, 0.3) is 14.0 Å². The molecule has 0 saturated heterocycles. The van der Waals surface area contributed by atoms with Crippen molar-refractivity contribution in [2.45, 2.75) is 26.6 Å². The monoisotopic (exact) mass is 252 g/mol. The van der Waals surface area contributed by atoms with Gasteiger partial charge in [0.2, 0.25) is 0 Å². The van der Waals surface area contributed by atoms with Gasteiger partial charge in [0.05, 0.1) is 10.6 Å². The summed E-state index contributed by atoms with van der Waals surface area (Å²) in [5.41, 5.74) is 1.42. The molecule has 0 heterocycles. The summed E-state index contributed by atoms with van der Waals surface area (Å²) in [5, 5.41) is 14.7. The van der Waals surface area contributed by atoms with Gasteiger partial charge in [0, 0.05) is 17.7 Å². The van der Waals surface area contributed by atoms with Crippen molar-refractivity contribution in [3.8, 4) is 0 Å². The molecule has 92 valence electrons. The second-order valence-electron chi connectivity index (χ2n) is 4.69. The van der Waals surface area contributed by atoms with Crippen LogP contribution in [-0.2, 0) is 4.53 Å². The molecule has 0 bridgehead atoms. The molecule has 0 fully saturated rings. The highest BCUT2D eigenvalue weighted by Gasteiger charge is 2.16. The van der Waals surface area contributed by atoms with Crippen molar-refractivity contribution in [3.63, 3.8) is 0 Å². The minimum atomic E-state index is -1.71. The zero-order valence-corrected chi connectivity index (χ0v) is 11.4. The SMILES string of the molecule is CC(=NO[Si](C)(C)C)c1cccc([N+](=O)[O-])c1. The highest BCUT2D eigenvalue weighted by Crippen LogP contribution is 2.14. The maximum atomic E-state index is 10.6. The second kappa shape index (κ2) is 5.09.